The number of thioether (sulfide) groups is 1. The highest BCUT2D eigenvalue weighted by Crippen LogP contribution is 1.95. The van der Waals surface area contributed by atoms with Gasteiger partial charge < -0.3 is 24.0 Å². The number of nitrogens with two attached hydrogens (primary N) is 1. The van der Waals surface area contributed by atoms with E-state index in [4.69, 9.17) is 5.73 Å². The molecule has 0 aliphatic rings. The summed E-state index contributed by atoms with van der Waals surface area (Å²) >= 11 is 1.68. The molecular formula is C9H21IN2S. The fourth-order valence-corrected chi connectivity index (χ4v) is 1.49. The summed E-state index contributed by atoms with van der Waals surface area (Å²) < 4.78 is 0. The quantitative estimate of drug-likeness (QED) is 0.251. The summed E-state index contributed by atoms with van der Waals surface area (Å²) in [5.74, 6) is 1.05. The zero-order chi connectivity index (χ0) is 9.23. The highest BCUT2D eigenvalue weighted by atomic mass is 127. The Hall–Kier alpha value is 0.550. The molecule has 80 valence electrons. The van der Waals surface area contributed by atoms with Crippen LogP contribution in [0.3, 0.4) is 0 Å². The lowest BCUT2D eigenvalue weighted by atomic mass is 10.2. The van der Waals surface area contributed by atoms with E-state index in [1.807, 2.05) is 0 Å². The van der Waals surface area contributed by atoms with Crippen LogP contribution in [0.1, 0.15) is 39.5 Å². The van der Waals surface area contributed by atoms with Gasteiger partial charge in [0.2, 0.25) is 0 Å². The van der Waals surface area contributed by atoms with Crippen molar-refractivity contribution in [2.45, 2.75) is 39.5 Å². The fourth-order valence-electron chi connectivity index (χ4n) is 0.970. The number of halogens is 1. The average molecular weight is 316 g/mol. The Labute approximate surface area is 103 Å². The molecule has 0 spiro atoms. The van der Waals surface area contributed by atoms with E-state index in [0.717, 1.165) is 17.5 Å². The maximum absolute atomic E-state index is 5.67. The number of rotatable bonds is 6. The molecule has 0 saturated heterocycles. The molecule has 0 aliphatic carbocycles. The van der Waals surface area contributed by atoms with E-state index in [0.29, 0.717) is 0 Å². The van der Waals surface area contributed by atoms with Crippen molar-refractivity contribution in [1.29, 1.82) is 0 Å². The molecular weight excluding hydrogens is 295 g/mol. The summed E-state index contributed by atoms with van der Waals surface area (Å²) in [6, 6.07) is 0. The van der Waals surface area contributed by atoms with Gasteiger partial charge in [-0.1, -0.05) is 26.7 Å². The van der Waals surface area contributed by atoms with E-state index >= 15 is 0 Å². The molecule has 0 aliphatic heterocycles. The van der Waals surface area contributed by atoms with Crippen LogP contribution in [-0.4, -0.2) is 17.5 Å². The van der Waals surface area contributed by atoms with Gasteiger partial charge in [0.05, 0.1) is 6.54 Å². The van der Waals surface area contributed by atoms with Gasteiger partial charge in [-0.3, -0.25) is 10.7 Å². The normalized spacial score (nSPS) is 11.1. The first-order chi connectivity index (χ1) is 5.81. The summed E-state index contributed by atoms with van der Waals surface area (Å²) in [7, 11) is 0. The first kappa shape index (κ1) is 16.0. The van der Waals surface area contributed by atoms with E-state index in [1.54, 1.807) is 11.8 Å². The second-order valence-corrected chi connectivity index (χ2v) is 4.09. The molecule has 0 heterocycles. The Kier molecular flexibility index (Phi) is 15.4. The molecule has 4 heteroatoms. The van der Waals surface area contributed by atoms with Crippen LogP contribution in [0.2, 0.25) is 0 Å². The molecule has 0 atom stereocenters. The van der Waals surface area contributed by atoms with Crippen LogP contribution < -0.4 is 34.7 Å². The second-order valence-electron chi connectivity index (χ2n) is 2.78. The lowest BCUT2D eigenvalue weighted by Crippen LogP contribution is -3.00. The summed E-state index contributed by atoms with van der Waals surface area (Å²) in [4.78, 5) is 3.20. The predicted molar refractivity (Wildman–Crippen MR) is 57.3 cm³/mol. The topological polar surface area (TPSA) is 40.0 Å². The van der Waals surface area contributed by atoms with Crippen molar-refractivity contribution in [3.63, 3.8) is 0 Å². The van der Waals surface area contributed by atoms with Crippen molar-refractivity contribution in [1.82, 2.24) is 0 Å². The third-order valence-electron chi connectivity index (χ3n) is 1.63. The third-order valence-corrected chi connectivity index (χ3v) is 2.37. The molecule has 0 rings (SSSR count). The maximum Gasteiger partial charge on any atom is 0.301 e. The standard InChI is InChI=1S/C9H20N2S.HI/c1-3-5-6-7-8-11-9(10)12-4-2;/h3-8H2,1-2H3,(H2,10,11);1H. The smallest absolute Gasteiger partial charge is 0.301 e. The summed E-state index contributed by atoms with van der Waals surface area (Å²) in [6.45, 7) is 5.36. The average Bonchev–Trinajstić information content (AvgIpc) is 2.05. The molecule has 3 N–H and O–H groups in total. The highest BCUT2D eigenvalue weighted by molar-refractivity contribution is 8.13. The van der Waals surface area contributed by atoms with E-state index in [-0.39, 0.29) is 24.0 Å². The zero-order valence-electron chi connectivity index (χ0n) is 8.61. The second kappa shape index (κ2) is 12.6. The summed E-state index contributed by atoms with van der Waals surface area (Å²) in [6.07, 6.45) is 5.18. The minimum Gasteiger partial charge on any atom is -1.00 e. The largest absolute Gasteiger partial charge is 1.00 e. The minimum atomic E-state index is 0. The molecule has 0 radical (unpaired) electrons. The van der Waals surface area contributed by atoms with Crippen molar-refractivity contribution in [2.24, 2.45) is 5.73 Å². The van der Waals surface area contributed by atoms with E-state index in [2.05, 4.69) is 18.8 Å². The molecule has 0 aromatic heterocycles. The molecule has 0 aromatic carbocycles. The van der Waals surface area contributed by atoms with E-state index < -0.39 is 0 Å². The van der Waals surface area contributed by atoms with Crippen LogP contribution in [0.15, 0.2) is 0 Å². The van der Waals surface area contributed by atoms with Crippen LogP contribution in [0.5, 0.6) is 0 Å². The van der Waals surface area contributed by atoms with Gasteiger partial charge in [0, 0.05) is 5.75 Å². The number of hydrogen-bond acceptors (Lipinski definition) is 1. The Morgan fingerprint density at radius 1 is 1.23 bits per heavy atom. The summed E-state index contributed by atoms with van der Waals surface area (Å²) in [5.41, 5.74) is 5.67. The zero-order valence-corrected chi connectivity index (χ0v) is 11.6. The monoisotopic (exact) mass is 316 g/mol. The van der Waals surface area contributed by atoms with Crippen molar-refractivity contribution >= 4 is 16.9 Å². The van der Waals surface area contributed by atoms with Crippen LogP contribution in [-0.2, 0) is 0 Å². The first-order valence-electron chi connectivity index (χ1n) is 4.80. The fraction of sp³-hybridized carbons (Fsp3) is 0.889. The lowest BCUT2D eigenvalue weighted by Gasteiger charge is -1.94. The van der Waals surface area contributed by atoms with Crippen molar-refractivity contribution in [3.8, 4) is 0 Å². The van der Waals surface area contributed by atoms with Gasteiger partial charge in [-0.05, 0) is 24.6 Å². The molecule has 0 unspecified atom stereocenters. The Morgan fingerprint density at radius 3 is 2.46 bits per heavy atom. The number of nitrogens with one attached hydrogen (secondary N) is 1. The van der Waals surface area contributed by atoms with Gasteiger partial charge in [0.1, 0.15) is 0 Å². The van der Waals surface area contributed by atoms with Crippen LogP contribution >= 0.6 is 11.8 Å². The van der Waals surface area contributed by atoms with Crippen molar-refractivity contribution in [3.05, 3.63) is 0 Å². The highest BCUT2D eigenvalue weighted by Gasteiger charge is 1.95. The molecule has 13 heavy (non-hydrogen) atoms. The van der Waals surface area contributed by atoms with E-state index in [1.165, 1.54) is 25.7 Å². The SMILES string of the molecule is CCCCCC[NH+]=C(N)SCC.[I-]. The molecule has 0 bridgehead atoms. The maximum atomic E-state index is 5.67. The number of amidine groups is 1. The van der Waals surface area contributed by atoms with Gasteiger partial charge in [-0.15, -0.1) is 0 Å². The van der Waals surface area contributed by atoms with Crippen LogP contribution in [0, 0.1) is 0 Å². The Balaban J connectivity index is 0. The summed E-state index contributed by atoms with van der Waals surface area (Å²) in [5, 5.41) is 0.869. The van der Waals surface area contributed by atoms with Gasteiger partial charge in [0.25, 0.3) is 0 Å². The Bertz CT molecular complexity index is 129. The number of hydrogen-bond donors (Lipinski definition) is 2. The van der Waals surface area contributed by atoms with Crippen LogP contribution in [0.4, 0.5) is 0 Å². The third kappa shape index (κ3) is 12.5. The molecule has 0 fully saturated rings. The molecule has 0 aromatic rings. The molecule has 0 saturated carbocycles. The van der Waals surface area contributed by atoms with Crippen LogP contribution in [0.25, 0.3) is 0 Å². The number of unbranched alkanes of at least 4 members (excludes halogenated alkanes) is 3. The lowest BCUT2D eigenvalue weighted by molar-refractivity contribution is -0.455. The van der Waals surface area contributed by atoms with Gasteiger partial charge in [-0.2, -0.15) is 0 Å². The Morgan fingerprint density at radius 2 is 1.92 bits per heavy atom. The van der Waals surface area contributed by atoms with Crippen molar-refractivity contribution < 1.29 is 29.0 Å². The minimum absolute atomic E-state index is 0. The van der Waals surface area contributed by atoms with Crippen molar-refractivity contribution in [2.75, 3.05) is 12.3 Å². The van der Waals surface area contributed by atoms with Gasteiger partial charge >= 0.3 is 5.17 Å². The molecule has 0 amide bonds. The van der Waals surface area contributed by atoms with Gasteiger partial charge in [-0.25, -0.2) is 0 Å². The van der Waals surface area contributed by atoms with Gasteiger partial charge in [0.15, 0.2) is 0 Å². The molecule has 2 nitrogen and oxygen atoms in total. The predicted octanol–water partition coefficient (Wildman–Crippen LogP) is -2.28. The first-order valence-corrected chi connectivity index (χ1v) is 5.78. The van der Waals surface area contributed by atoms with E-state index in [9.17, 15) is 0 Å².